The summed E-state index contributed by atoms with van der Waals surface area (Å²) in [7, 11) is 0. The van der Waals surface area contributed by atoms with Crippen molar-refractivity contribution in [3.05, 3.63) is 35.4 Å². The van der Waals surface area contributed by atoms with E-state index in [2.05, 4.69) is 12.1 Å². The van der Waals surface area contributed by atoms with Gasteiger partial charge in [-0.25, -0.2) is 0 Å². The Morgan fingerprint density at radius 3 is 2.76 bits per heavy atom. The van der Waals surface area contributed by atoms with Gasteiger partial charge in [0, 0.05) is 19.8 Å². The van der Waals surface area contributed by atoms with Gasteiger partial charge in [0.15, 0.2) is 0 Å². The first kappa shape index (κ1) is 12.6. The fraction of sp³-hybridized carbons (Fsp3) is 0.571. The maximum absolute atomic E-state index is 5.76. The first-order chi connectivity index (χ1) is 8.38. The van der Waals surface area contributed by atoms with Crippen LogP contribution in [0.5, 0.6) is 0 Å². The van der Waals surface area contributed by atoms with Crippen LogP contribution in [0.25, 0.3) is 0 Å². The molecule has 2 rings (SSSR count). The fourth-order valence-corrected chi connectivity index (χ4v) is 2.10. The van der Waals surface area contributed by atoms with Gasteiger partial charge in [0.05, 0.1) is 13.2 Å². The molecule has 1 fully saturated rings. The van der Waals surface area contributed by atoms with Crippen molar-refractivity contribution in [3.8, 4) is 0 Å². The van der Waals surface area contributed by atoms with E-state index in [0.717, 1.165) is 38.2 Å². The van der Waals surface area contributed by atoms with E-state index in [1.807, 2.05) is 12.1 Å². The predicted molar refractivity (Wildman–Crippen MR) is 67.5 cm³/mol. The van der Waals surface area contributed by atoms with Crippen LogP contribution in [0.3, 0.4) is 0 Å². The molecule has 0 aliphatic carbocycles. The Bertz CT molecular complexity index is 335. The summed E-state index contributed by atoms with van der Waals surface area (Å²) >= 11 is 0. The molecular weight excluding hydrogens is 214 g/mol. The topological polar surface area (TPSA) is 44.5 Å². The minimum atomic E-state index is 0.591. The van der Waals surface area contributed by atoms with Gasteiger partial charge in [-0.15, -0.1) is 0 Å². The number of hydrogen-bond acceptors (Lipinski definition) is 3. The number of hydrogen-bond donors (Lipinski definition) is 1. The Balaban J connectivity index is 1.73. The zero-order chi connectivity index (χ0) is 11.9. The zero-order valence-electron chi connectivity index (χ0n) is 10.2. The number of nitrogens with two attached hydrogens (primary N) is 1. The van der Waals surface area contributed by atoms with Crippen molar-refractivity contribution < 1.29 is 9.47 Å². The summed E-state index contributed by atoms with van der Waals surface area (Å²) in [5.74, 6) is 0.668. The van der Waals surface area contributed by atoms with Crippen molar-refractivity contribution in [2.75, 3.05) is 19.8 Å². The molecule has 0 spiro atoms. The summed E-state index contributed by atoms with van der Waals surface area (Å²) in [5, 5.41) is 0. The second kappa shape index (κ2) is 6.74. The summed E-state index contributed by atoms with van der Waals surface area (Å²) in [4.78, 5) is 0. The van der Waals surface area contributed by atoms with Gasteiger partial charge in [-0.3, -0.25) is 0 Å². The highest BCUT2D eigenvalue weighted by Gasteiger charge is 2.13. The predicted octanol–water partition coefficient (Wildman–Crippen LogP) is 2.09. The van der Waals surface area contributed by atoms with Gasteiger partial charge < -0.3 is 15.2 Å². The number of rotatable bonds is 5. The van der Waals surface area contributed by atoms with E-state index < -0.39 is 0 Å². The third-order valence-corrected chi connectivity index (χ3v) is 3.19. The van der Waals surface area contributed by atoms with Crippen LogP contribution in [0.1, 0.15) is 24.0 Å². The minimum Gasteiger partial charge on any atom is -0.381 e. The molecule has 0 saturated carbocycles. The SMILES string of the molecule is NCc1cccc(COCC2CCOCC2)c1. The van der Waals surface area contributed by atoms with E-state index in [1.165, 1.54) is 5.56 Å². The highest BCUT2D eigenvalue weighted by molar-refractivity contribution is 5.22. The number of ether oxygens (including phenoxy) is 2. The summed E-state index contributed by atoms with van der Waals surface area (Å²) in [6, 6.07) is 8.28. The van der Waals surface area contributed by atoms with Gasteiger partial charge in [-0.1, -0.05) is 24.3 Å². The molecule has 1 aromatic carbocycles. The highest BCUT2D eigenvalue weighted by Crippen LogP contribution is 2.15. The van der Waals surface area contributed by atoms with Gasteiger partial charge in [-0.05, 0) is 29.9 Å². The molecule has 1 aliphatic rings. The van der Waals surface area contributed by atoms with Gasteiger partial charge in [0.25, 0.3) is 0 Å². The van der Waals surface area contributed by atoms with Crippen molar-refractivity contribution in [2.45, 2.75) is 26.0 Å². The van der Waals surface area contributed by atoms with Crippen LogP contribution in [-0.4, -0.2) is 19.8 Å². The Morgan fingerprint density at radius 1 is 1.24 bits per heavy atom. The van der Waals surface area contributed by atoms with Crippen molar-refractivity contribution in [1.29, 1.82) is 0 Å². The lowest BCUT2D eigenvalue weighted by Gasteiger charge is -2.21. The molecular formula is C14H21NO2. The summed E-state index contributed by atoms with van der Waals surface area (Å²) in [6.45, 7) is 3.89. The summed E-state index contributed by atoms with van der Waals surface area (Å²) in [6.07, 6.45) is 2.26. The van der Waals surface area contributed by atoms with E-state index in [1.54, 1.807) is 0 Å². The third kappa shape index (κ3) is 4.11. The van der Waals surface area contributed by atoms with Crippen LogP contribution in [0, 0.1) is 5.92 Å². The average Bonchev–Trinajstić information content (AvgIpc) is 2.40. The first-order valence-corrected chi connectivity index (χ1v) is 6.32. The van der Waals surface area contributed by atoms with E-state index in [9.17, 15) is 0 Å². The van der Waals surface area contributed by atoms with Crippen LogP contribution < -0.4 is 5.73 Å². The smallest absolute Gasteiger partial charge is 0.0717 e. The molecule has 1 aliphatic heterocycles. The van der Waals surface area contributed by atoms with Crippen molar-refractivity contribution in [3.63, 3.8) is 0 Å². The van der Waals surface area contributed by atoms with Crippen LogP contribution in [-0.2, 0) is 22.6 Å². The maximum atomic E-state index is 5.76. The minimum absolute atomic E-state index is 0.591. The van der Waals surface area contributed by atoms with Crippen LogP contribution in [0.2, 0.25) is 0 Å². The molecule has 0 atom stereocenters. The average molecular weight is 235 g/mol. The molecule has 2 N–H and O–H groups in total. The molecule has 1 aromatic rings. The van der Waals surface area contributed by atoms with Crippen molar-refractivity contribution >= 4 is 0 Å². The second-order valence-electron chi connectivity index (χ2n) is 4.59. The first-order valence-electron chi connectivity index (χ1n) is 6.32. The molecule has 3 heteroatoms. The normalized spacial score (nSPS) is 17.2. The molecule has 1 heterocycles. The van der Waals surface area contributed by atoms with E-state index in [-0.39, 0.29) is 0 Å². The van der Waals surface area contributed by atoms with Gasteiger partial charge in [0.1, 0.15) is 0 Å². The maximum Gasteiger partial charge on any atom is 0.0717 e. The lowest BCUT2D eigenvalue weighted by molar-refractivity contribution is 0.0157. The Kier molecular flexibility index (Phi) is 4.98. The van der Waals surface area contributed by atoms with Crippen LogP contribution in [0.4, 0.5) is 0 Å². The molecule has 17 heavy (non-hydrogen) atoms. The standard InChI is InChI=1S/C14H21NO2/c15-9-13-2-1-3-14(8-13)11-17-10-12-4-6-16-7-5-12/h1-3,8,12H,4-7,9-11,15H2. The van der Waals surface area contributed by atoms with Crippen molar-refractivity contribution in [1.82, 2.24) is 0 Å². The summed E-state index contributed by atoms with van der Waals surface area (Å²) in [5.41, 5.74) is 7.98. The summed E-state index contributed by atoms with van der Waals surface area (Å²) < 4.78 is 11.1. The largest absolute Gasteiger partial charge is 0.381 e. The number of benzene rings is 1. The third-order valence-electron chi connectivity index (χ3n) is 3.19. The second-order valence-corrected chi connectivity index (χ2v) is 4.59. The zero-order valence-corrected chi connectivity index (χ0v) is 10.2. The highest BCUT2D eigenvalue weighted by atomic mass is 16.5. The van der Waals surface area contributed by atoms with E-state index in [4.69, 9.17) is 15.2 Å². The molecule has 1 saturated heterocycles. The Morgan fingerprint density at radius 2 is 2.00 bits per heavy atom. The van der Waals surface area contributed by atoms with Gasteiger partial charge in [-0.2, -0.15) is 0 Å². The monoisotopic (exact) mass is 235 g/mol. The molecule has 0 aromatic heterocycles. The lowest BCUT2D eigenvalue weighted by Crippen LogP contribution is -2.20. The van der Waals surface area contributed by atoms with Crippen LogP contribution >= 0.6 is 0 Å². The Labute approximate surface area is 103 Å². The van der Waals surface area contributed by atoms with Crippen LogP contribution in [0.15, 0.2) is 24.3 Å². The lowest BCUT2D eigenvalue weighted by atomic mass is 10.0. The molecule has 94 valence electrons. The molecule has 0 amide bonds. The Hall–Kier alpha value is -0.900. The molecule has 3 nitrogen and oxygen atoms in total. The molecule has 0 bridgehead atoms. The quantitative estimate of drug-likeness (QED) is 0.850. The van der Waals surface area contributed by atoms with Gasteiger partial charge >= 0.3 is 0 Å². The molecule has 0 radical (unpaired) electrons. The van der Waals surface area contributed by atoms with E-state index in [0.29, 0.717) is 19.1 Å². The fourth-order valence-electron chi connectivity index (χ4n) is 2.10. The van der Waals surface area contributed by atoms with Gasteiger partial charge in [0.2, 0.25) is 0 Å². The molecule has 0 unspecified atom stereocenters. The van der Waals surface area contributed by atoms with E-state index >= 15 is 0 Å². The van der Waals surface area contributed by atoms with Crippen molar-refractivity contribution in [2.24, 2.45) is 11.7 Å².